The lowest BCUT2D eigenvalue weighted by Crippen LogP contribution is -2.50. The average Bonchev–Trinajstić information content (AvgIpc) is 3.06. The van der Waals surface area contributed by atoms with Crippen LogP contribution in [0.1, 0.15) is 33.3 Å². The quantitative estimate of drug-likeness (QED) is 0.256. The summed E-state index contributed by atoms with van der Waals surface area (Å²) in [7, 11) is -2.71. The molecule has 1 fully saturated rings. The molecule has 0 atom stereocenters. The highest BCUT2D eigenvalue weighted by Crippen LogP contribution is 2.37. The molecule has 18 heteroatoms. The summed E-state index contributed by atoms with van der Waals surface area (Å²) in [5.41, 5.74) is 4.85. The Kier molecular flexibility index (Phi) is 9.60. The van der Waals surface area contributed by atoms with E-state index in [-0.39, 0.29) is 46.4 Å². The molecule has 1 aliphatic rings. The Balaban J connectivity index is 1.40. The lowest BCUT2D eigenvalue weighted by Gasteiger charge is -2.35. The van der Waals surface area contributed by atoms with Crippen molar-refractivity contribution >= 4 is 44.5 Å². The minimum atomic E-state index is -4.05. The number of piperazine rings is 1. The summed E-state index contributed by atoms with van der Waals surface area (Å²) in [4.78, 5) is 42.8. The largest absolute Gasteiger partial charge is 0.451 e. The molecule has 1 amide bonds. The smallest absolute Gasteiger partial charge is 0.410 e. The SMILES string of the molecule is CCN(C)S(=O)(=O)Nc1ccc(F)c(Oc2ccc3ncn(-c4cnc(N5CCN(C(=O)OC(C)(C)C)CC5)nc4)c(=O)c3c2N)c1C#N. The Morgan fingerprint density at radius 3 is 2.41 bits per heavy atom. The first-order chi connectivity index (χ1) is 23.1. The molecule has 1 saturated heterocycles. The molecule has 1 aliphatic heterocycles. The van der Waals surface area contributed by atoms with Crippen LogP contribution < -0.4 is 25.7 Å². The molecule has 0 bridgehead atoms. The van der Waals surface area contributed by atoms with Gasteiger partial charge in [0.25, 0.3) is 5.56 Å². The molecule has 4 aromatic rings. The highest BCUT2D eigenvalue weighted by Gasteiger charge is 2.27. The molecule has 0 aliphatic carbocycles. The molecule has 2 aromatic heterocycles. The number of anilines is 3. The number of nitrogens with zero attached hydrogens (tertiary/aromatic N) is 8. The van der Waals surface area contributed by atoms with Gasteiger partial charge in [-0.15, -0.1) is 0 Å². The zero-order valence-electron chi connectivity index (χ0n) is 27.5. The molecule has 3 N–H and O–H groups in total. The van der Waals surface area contributed by atoms with Crippen molar-refractivity contribution in [1.82, 2.24) is 28.7 Å². The van der Waals surface area contributed by atoms with Crippen LogP contribution in [0, 0.1) is 17.1 Å². The third kappa shape index (κ3) is 7.32. The maximum Gasteiger partial charge on any atom is 0.410 e. The second-order valence-corrected chi connectivity index (χ2v) is 13.8. The summed E-state index contributed by atoms with van der Waals surface area (Å²) in [5, 5.41) is 9.79. The van der Waals surface area contributed by atoms with Crippen LogP contribution in [0.25, 0.3) is 16.6 Å². The number of amides is 1. The van der Waals surface area contributed by atoms with Gasteiger partial charge in [-0.2, -0.15) is 18.0 Å². The molecule has 0 saturated carbocycles. The highest BCUT2D eigenvalue weighted by molar-refractivity contribution is 7.90. The number of nitrogens with one attached hydrogen (secondary N) is 1. The Morgan fingerprint density at radius 2 is 1.80 bits per heavy atom. The van der Waals surface area contributed by atoms with E-state index in [9.17, 15) is 23.3 Å². The summed E-state index contributed by atoms with van der Waals surface area (Å²) in [6.45, 7) is 9.00. The summed E-state index contributed by atoms with van der Waals surface area (Å²) in [6.07, 6.45) is 3.81. The van der Waals surface area contributed by atoms with Gasteiger partial charge in [-0.1, -0.05) is 6.92 Å². The lowest BCUT2D eigenvalue weighted by atomic mass is 10.1. The number of hydrogen-bond acceptors (Lipinski definition) is 12. The average molecular weight is 695 g/mol. The number of halogens is 1. The Labute approximate surface area is 281 Å². The van der Waals surface area contributed by atoms with E-state index < -0.39 is 38.5 Å². The summed E-state index contributed by atoms with van der Waals surface area (Å²) < 4.78 is 55.8. The Morgan fingerprint density at radius 1 is 1.12 bits per heavy atom. The van der Waals surface area contributed by atoms with Crippen molar-refractivity contribution in [3.05, 3.63) is 64.7 Å². The second kappa shape index (κ2) is 13.5. The van der Waals surface area contributed by atoms with Crippen LogP contribution in [0.5, 0.6) is 11.5 Å². The molecule has 0 unspecified atom stereocenters. The zero-order chi connectivity index (χ0) is 35.7. The minimum absolute atomic E-state index is 0.0531. The molecule has 2 aromatic carbocycles. The Bertz CT molecular complexity index is 2110. The molecule has 5 rings (SSSR count). The number of aromatic nitrogens is 4. The van der Waals surface area contributed by atoms with Gasteiger partial charge in [0.2, 0.25) is 5.95 Å². The van der Waals surface area contributed by atoms with E-state index in [1.165, 1.54) is 42.5 Å². The van der Waals surface area contributed by atoms with Gasteiger partial charge in [-0.05, 0) is 45.0 Å². The van der Waals surface area contributed by atoms with Crippen LogP contribution in [-0.4, -0.2) is 88.6 Å². The van der Waals surface area contributed by atoms with E-state index in [0.717, 1.165) is 16.4 Å². The van der Waals surface area contributed by atoms with Crippen molar-refractivity contribution < 1.29 is 27.1 Å². The van der Waals surface area contributed by atoms with Gasteiger partial charge < -0.3 is 25.0 Å². The van der Waals surface area contributed by atoms with E-state index in [2.05, 4.69) is 19.7 Å². The zero-order valence-corrected chi connectivity index (χ0v) is 28.3. The van der Waals surface area contributed by atoms with Crippen molar-refractivity contribution in [2.75, 3.05) is 55.1 Å². The highest BCUT2D eigenvalue weighted by atomic mass is 32.2. The van der Waals surface area contributed by atoms with Gasteiger partial charge in [0.1, 0.15) is 23.6 Å². The van der Waals surface area contributed by atoms with E-state index >= 15 is 4.39 Å². The lowest BCUT2D eigenvalue weighted by molar-refractivity contribution is 0.0240. The maximum atomic E-state index is 15.0. The van der Waals surface area contributed by atoms with Crippen LogP contribution >= 0.6 is 0 Å². The number of hydrogen-bond donors (Lipinski definition) is 2. The monoisotopic (exact) mass is 694 g/mol. The number of fused-ring (bicyclic) bond motifs is 1. The van der Waals surface area contributed by atoms with Crippen molar-refractivity contribution in [1.29, 1.82) is 5.26 Å². The fourth-order valence-corrected chi connectivity index (χ4v) is 5.80. The standard InChI is InChI=1S/C31H35FN10O6S/c1-6-39(5)49(45,46)38-22-8-7-21(32)27(20(22)15-33)47-24-10-9-23-25(26(24)34)28(43)42(18-37-23)19-16-35-29(36-17-19)40-11-13-41(14-12-40)30(44)48-31(2,3)4/h7-10,16-18,38H,6,11-14,34H2,1-5H3. The van der Waals surface area contributed by atoms with Gasteiger partial charge in [0.05, 0.1) is 40.4 Å². The number of nitrogen functional groups attached to an aromatic ring is 1. The number of ether oxygens (including phenoxy) is 2. The van der Waals surface area contributed by atoms with Crippen LogP contribution in [0.15, 0.2) is 47.8 Å². The van der Waals surface area contributed by atoms with E-state index in [0.29, 0.717) is 32.1 Å². The molecule has 49 heavy (non-hydrogen) atoms. The topological polar surface area (TPSA) is 202 Å². The van der Waals surface area contributed by atoms with Gasteiger partial charge in [-0.3, -0.25) is 14.1 Å². The third-order valence-electron chi connectivity index (χ3n) is 7.57. The molecule has 0 spiro atoms. The molecular formula is C31H35FN10O6S. The van der Waals surface area contributed by atoms with Crippen LogP contribution in [0.3, 0.4) is 0 Å². The first-order valence-corrected chi connectivity index (χ1v) is 16.6. The normalized spacial score (nSPS) is 13.8. The molecular weight excluding hydrogens is 659 g/mol. The minimum Gasteiger partial charge on any atom is -0.451 e. The van der Waals surface area contributed by atoms with Gasteiger partial charge in [0.15, 0.2) is 17.3 Å². The van der Waals surface area contributed by atoms with Crippen LogP contribution in [0.4, 0.5) is 26.5 Å². The number of benzene rings is 2. The van der Waals surface area contributed by atoms with Crippen LogP contribution in [0.2, 0.25) is 0 Å². The first kappa shape index (κ1) is 34.8. The van der Waals surface area contributed by atoms with E-state index in [4.69, 9.17) is 15.2 Å². The number of nitriles is 1. The molecule has 16 nitrogen and oxygen atoms in total. The van der Waals surface area contributed by atoms with Gasteiger partial charge in [0, 0.05) is 39.8 Å². The Hall–Kier alpha value is -5.54. The predicted octanol–water partition coefficient (Wildman–Crippen LogP) is 3.23. The summed E-state index contributed by atoms with van der Waals surface area (Å²) in [5.74, 6) is -1.31. The van der Waals surface area contributed by atoms with Crippen molar-refractivity contribution in [2.45, 2.75) is 33.3 Å². The van der Waals surface area contributed by atoms with Crippen molar-refractivity contribution in [3.8, 4) is 23.3 Å². The fraction of sp³-hybridized carbons (Fsp3) is 0.355. The van der Waals surface area contributed by atoms with Crippen LogP contribution in [-0.2, 0) is 14.9 Å². The molecule has 3 heterocycles. The third-order valence-corrected chi connectivity index (χ3v) is 9.13. The van der Waals surface area contributed by atoms with Gasteiger partial charge >= 0.3 is 16.3 Å². The van der Waals surface area contributed by atoms with Crippen molar-refractivity contribution in [3.63, 3.8) is 0 Å². The fourth-order valence-electron chi connectivity index (χ4n) is 4.85. The number of nitrogens with two attached hydrogens (primary N) is 1. The molecule has 0 radical (unpaired) electrons. The van der Waals surface area contributed by atoms with Crippen molar-refractivity contribution in [2.24, 2.45) is 0 Å². The first-order valence-electron chi connectivity index (χ1n) is 15.1. The van der Waals surface area contributed by atoms with E-state index in [1.807, 2.05) is 25.7 Å². The summed E-state index contributed by atoms with van der Waals surface area (Å²) >= 11 is 0. The second-order valence-electron chi connectivity index (χ2n) is 12.0. The van der Waals surface area contributed by atoms with Gasteiger partial charge in [-0.25, -0.2) is 24.1 Å². The predicted molar refractivity (Wildman–Crippen MR) is 179 cm³/mol. The molecule has 258 valence electrons. The number of rotatable bonds is 8. The maximum absolute atomic E-state index is 15.0. The van der Waals surface area contributed by atoms with E-state index in [1.54, 1.807) is 17.9 Å². The number of carbonyl (C=O) groups excluding carboxylic acids is 1. The summed E-state index contributed by atoms with van der Waals surface area (Å²) in [6, 6.07) is 6.62. The number of carbonyl (C=O) groups is 1.